The van der Waals surface area contributed by atoms with Gasteiger partial charge in [0.2, 0.25) is 0 Å². The highest BCUT2D eigenvalue weighted by molar-refractivity contribution is 7.91. The first-order chi connectivity index (χ1) is 12.9. The predicted octanol–water partition coefficient (Wildman–Crippen LogP) is 3.86. The molecule has 2 aromatic rings. The lowest BCUT2D eigenvalue weighted by Crippen LogP contribution is -2.56. The van der Waals surface area contributed by atoms with E-state index >= 15 is 0 Å². The van der Waals surface area contributed by atoms with Gasteiger partial charge in [0.25, 0.3) is 0 Å². The number of para-hydroxylation sites is 1. The topological polar surface area (TPSA) is 69.4 Å². The average Bonchev–Trinajstić information content (AvgIpc) is 2.68. The smallest absolute Gasteiger partial charge is 0.306 e. The molecule has 0 saturated heterocycles. The van der Waals surface area contributed by atoms with Crippen LogP contribution in [-0.2, 0) is 10.0 Å². The highest BCUT2D eigenvalue weighted by Crippen LogP contribution is 2.39. The van der Waals surface area contributed by atoms with Crippen molar-refractivity contribution < 1.29 is 13.2 Å². The fraction of sp³-hybridized carbons (Fsp3) is 0.238. The van der Waals surface area contributed by atoms with Gasteiger partial charge in [0, 0.05) is 11.6 Å². The van der Waals surface area contributed by atoms with E-state index in [1.54, 1.807) is 6.92 Å². The third-order valence-corrected chi connectivity index (χ3v) is 7.10. The highest BCUT2D eigenvalue weighted by atomic mass is 32.2. The number of ether oxygens (including phenoxy) is 1. The Morgan fingerprint density at radius 2 is 1.85 bits per heavy atom. The van der Waals surface area contributed by atoms with Gasteiger partial charge < -0.3 is 10.5 Å². The predicted molar refractivity (Wildman–Crippen MR) is 110 cm³/mol. The molecule has 1 unspecified atom stereocenters. The number of nitrogens with zero attached hydrogens (tertiary/aromatic N) is 1. The van der Waals surface area contributed by atoms with Crippen molar-refractivity contribution in [2.45, 2.75) is 13.8 Å². The lowest BCUT2D eigenvalue weighted by molar-refractivity contribution is 0.475. The monoisotopic (exact) mass is 385 g/mol. The number of sulfonamides is 1. The molecule has 1 atom stereocenters. The van der Waals surface area contributed by atoms with Gasteiger partial charge in [-0.1, -0.05) is 24.3 Å². The summed E-state index contributed by atoms with van der Waals surface area (Å²) in [6, 6.07) is 15.0. The zero-order valence-corrected chi connectivity index (χ0v) is 16.4. The van der Waals surface area contributed by atoms with Gasteiger partial charge in [-0.05, 0) is 50.3 Å². The van der Waals surface area contributed by atoms with Crippen LogP contribution in [0, 0.1) is 6.92 Å². The van der Waals surface area contributed by atoms with E-state index in [-0.39, 0.29) is 16.2 Å². The van der Waals surface area contributed by atoms with Crippen molar-refractivity contribution in [3.63, 3.8) is 0 Å². The Bertz CT molecular complexity index is 982. The third-order valence-electron chi connectivity index (χ3n) is 4.84. The van der Waals surface area contributed by atoms with E-state index in [1.807, 2.05) is 73.7 Å². The van der Waals surface area contributed by atoms with E-state index in [0.29, 0.717) is 23.7 Å². The van der Waals surface area contributed by atoms with Crippen molar-refractivity contribution in [2.75, 3.05) is 18.8 Å². The molecule has 2 N–H and O–H groups in total. The van der Waals surface area contributed by atoms with Gasteiger partial charge in [-0.2, -0.15) is 12.3 Å². The van der Waals surface area contributed by atoms with Crippen LogP contribution in [0.5, 0.6) is 11.5 Å². The molecule has 1 aliphatic rings. The number of rotatable bonds is 6. The fourth-order valence-corrected chi connectivity index (χ4v) is 5.23. The van der Waals surface area contributed by atoms with Crippen molar-refractivity contribution >= 4 is 15.7 Å². The second-order valence-electron chi connectivity index (χ2n) is 6.45. The molecule has 1 aliphatic heterocycles. The molecular weight excluding hydrogens is 360 g/mol. The molecule has 0 saturated carbocycles. The summed E-state index contributed by atoms with van der Waals surface area (Å²) in [6.07, 6.45) is 5.55. The van der Waals surface area contributed by atoms with E-state index in [4.69, 9.17) is 10.5 Å². The van der Waals surface area contributed by atoms with Crippen LogP contribution in [0.4, 0.5) is 5.69 Å². The molecule has 0 fully saturated rings. The lowest BCUT2D eigenvalue weighted by atomic mass is 10.1. The molecule has 142 valence electrons. The molecule has 0 aromatic heterocycles. The van der Waals surface area contributed by atoms with Gasteiger partial charge in [-0.3, -0.25) is 0 Å². The molecule has 0 radical (unpaired) electrons. The maximum absolute atomic E-state index is 13.2. The second kappa shape index (κ2) is 7.68. The molecule has 0 bridgehead atoms. The molecule has 1 heterocycles. The Morgan fingerprint density at radius 3 is 2.48 bits per heavy atom. The summed E-state index contributed by atoms with van der Waals surface area (Å²) in [6.45, 7) is 4.08. The molecular formula is C21H25N2O3S+. The van der Waals surface area contributed by atoms with Crippen molar-refractivity contribution in [1.29, 1.82) is 0 Å². The summed E-state index contributed by atoms with van der Waals surface area (Å²) in [4.78, 5) is 0. The fourth-order valence-electron chi connectivity index (χ4n) is 3.48. The first-order valence-electron chi connectivity index (χ1n) is 8.96. The summed E-state index contributed by atoms with van der Waals surface area (Å²) in [5.74, 6) is 1.43. The largest absolute Gasteiger partial charge is 0.457 e. The third kappa shape index (κ3) is 3.43. The normalized spacial score (nSPS) is 19.6. The molecule has 6 heteroatoms. The highest BCUT2D eigenvalue weighted by Gasteiger charge is 2.47. The molecule has 5 nitrogen and oxygen atoms in total. The second-order valence-corrected chi connectivity index (χ2v) is 8.81. The van der Waals surface area contributed by atoms with Crippen LogP contribution in [0.3, 0.4) is 0 Å². The quantitative estimate of drug-likeness (QED) is 0.767. The van der Waals surface area contributed by atoms with Gasteiger partial charge in [0.05, 0.1) is 12.3 Å². The van der Waals surface area contributed by atoms with Gasteiger partial charge in [0.1, 0.15) is 23.7 Å². The van der Waals surface area contributed by atoms with Gasteiger partial charge in [0.15, 0.2) is 5.69 Å². The summed E-state index contributed by atoms with van der Waals surface area (Å²) >= 11 is 0. The van der Waals surface area contributed by atoms with Crippen LogP contribution in [-0.4, -0.2) is 27.3 Å². The Balaban J connectivity index is 2.09. The van der Waals surface area contributed by atoms with Crippen LogP contribution in [0.2, 0.25) is 0 Å². The van der Waals surface area contributed by atoms with E-state index in [9.17, 15) is 8.42 Å². The van der Waals surface area contributed by atoms with Crippen LogP contribution in [0.1, 0.15) is 12.5 Å². The Hall–Kier alpha value is -2.41. The number of nitrogens with two attached hydrogens (primary N) is 1. The van der Waals surface area contributed by atoms with Gasteiger partial charge >= 0.3 is 10.0 Å². The Kier molecular flexibility index (Phi) is 5.51. The van der Waals surface area contributed by atoms with Gasteiger partial charge in [-0.15, -0.1) is 0 Å². The minimum Gasteiger partial charge on any atom is -0.457 e. The number of aryl methyl sites for hydroxylation is 1. The minimum atomic E-state index is -3.49. The number of quaternary nitrogens is 1. The maximum atomic E-state index is 13.2. The van der Waals surface area contributed by atoms with Crippen molar-refractivity contribution in [3.05, 3.63) is 78.0 Å². The zero-order valence-electron chi connectivity index (χ0n) is 15.6. The molecule has 0 spiro atoms. The molecule has 0 amide bonds. The van der Waals surface area contributed by atoms with Crippen molar-refractivity contribution in [1.82, 2.24) is 3.89 Å². The van der Waals surface area contributed by atoms with Crippen molar-refractivity contribution in [2.24, 2.45) is 5.73 Å². The van der Waals surface area contributed by atoms with E-state index in [2.05, 4.69) is 0 Å². The minimum absolute atomic E-state index is 0.0277. The number of hydrogen-bond acceptors (Lipinski definition) is 4. The summed E-state index contributed by atoms with van der Waals surface area (Å²) in [7, 11) is -3.49. The standard InChI is InChI=1S/C21H25N2O3S/c1-3-27(24,25)23(14-8-7-9-18(23)16-22)21-13-12-20(15-17(21)2)26-19-10-5-4-6-11-19/h4-13,15H,3,14,16,22H2,1-2H3/q+1. The number of allylic oxidation sites excluding steroid dienone is 2. The van der Waals surface area contributed by atoms with E-state index in [1.165, 1.54) is 0 Å². The molecule has 3 rings (SSSR count). The molecule has 27 heavy (non-hydrogen) atoms. The van der Waals surface area contributed by atoms with Crippen molar-refractivity contribution in [3.8, 4) is 11.5 Å². The Labute approximate surface area is 161 Å². The average molecular weight is 386 g/mol. The summed E-state index contributed by atoms with van der Waals surface area (Å²) < 4.78 is 32.0. The molecule has 2 aromatic carbocycles. The first-order valence-corrected chi connectivity index (χ1v) is 10.6. The summed E-state index contributed by atoms with van der Waals surface area (Å²) in [5.41, 5.74) is 8.16. The SMILES string of the molecule is CCS(=O)(=O)[N+]1(c2ccc(Oc3ccccc3)cc2C)CC=CC=C1CN. The zero-order chi connectivity index (χ0) is 19.5. The van der Waals surface area contributed by atoms with Crippen LogP contribution >= 0.6 is 0 Å². The van der Waals surface area contributed by atoms with E-state index < -0.39 is 10.0 Å². The summed E-state index contributed by atoms with van der Waals surface area (Å²) in [5, 5.41) is 0. The first kappa shape index (κ1) is 19.4. The van der Waals surface area contributed by atoms with Crippen LogP contribution in [0.25, 0.3) is 0 Å². The lowest BCUT2D eigenvalue weighted by Gasteiger charge is -2.38. The van der Waals surface area contributed by atoms with E-state index in [0.717, 1.165) is 11.3 Å². The van der Waals surface area contributed by atoms with Crippen LogP contribution < -0.4 is 14.4 Å². The maximum Gasteiger partial charge on any atom is 0.306 e. The number of hydrogen-bond donors (Lipinski definition) is 1. The Morgan fingerprint density at radius 1 is 1.11 bits per heavy atom. The number of benzene rings is 2. The van der Waals surface area contributed by atoms with Crippen LogP contribution in [0.15, 0.2) is 72.5 Å². The van der Waals surface area contributed by atoms with Gasteiger partial charge in [-0.25, -0.2) is 0 Å². The molecule has 0 aliphatic carbocycles.